The minimum absolute atomic E-state index is 0.0139. The predicted octanol–water partition coefficient (Wildman–Crippen LogP) is 2.99. The molecule has 138 valence electrons. The second-order valence-electron chi connectivity index (χ2n) is 9.10. The van der Waals surface area contributed by atoms with E-state index in [0.29, 0.717) is 25.2 Å². The van der Waals surface area contributed by atoms with Crippen LogP contribution in [0.1, 0.15) is 73.1 Å². The molecule has 0 aromatic rings. The topological polar surface area (TPSA) is 77.8 Å². The van der Waals surface area contributed by atoms with Crippen molar-refractivity contribution < 1.29 is 20.1 Å². The average molecular weight is 338 g/mol. The number of fused-ring (bicyclic) bond motifs is 1. The summed E-state index contributed by atoms with van der Waals surface area (Å²) in [7, 11) is 0. The van der Waals surface area contributed by atoms with Crippen LogP contribution < -0.4 is 0 Å². The Morgan fingerprint density at radius 1 is 1.29 bits per heavy atom. The largest absolute Gasteiger partial charge is 0.394 e. The van der Waals surface area contributed by atoms with E-state index in [9.17, 15) is 15.0 Å². The lowest BCUT2D eigenvalue weighted by molar-refractivity contribution is -0.122. The van der Waals surface area contributed by atoms with E-state index in [1.807, 2.05) is 6.92 Å². The van der Waals surface area contributed by atoms with Crippen LogP contribution in [0.2, 0.25) is 0 Å². The van der Waals surface area contributed by atoms with Crippen molar-refractivity contribution >= 4 is 5.78 Å². The Bertz CT molecular complexity index is 532. The summed E-state index contributed by atoms with van der Waals surface area (Å²) in [4.78, 5) is 12.6. The zero-order valence-electron chi connectivity index (χ0n) is 15.9. The summed E-state index contributed by atoms with van der Waals surface area (Å²) < 4.78 is 0. The summed E-state index contributed by atoms with van der Waals surface area (Å²) in [6.45, 7) is 9.83. The molecule has 0 bridgehead atoms. The van der Waals surface area contributed by atoms with Gasteiger partial charge in [0.1, 0.15) is 6.10 Å². The molecule has 0 spiro atoms. The van der Waals surface area contributed by atoms with Crippen molar-refractivity contribution in [3.8, 4) is 0 Å². The van der Waals surface area contributed by atoms with Gasteiger partial charge in [-0.1, -0.05) is 32.8 Å². The van der Waals surface area contributed by atoms with Crippen LogP contribution >= 0.6 is 0 Å². The van der Waals surface area contributed by atoms with Crippen LogP contribution in [-0.2, 0) is 4.79 Å². The first-order valence-corrected chi connectivity index (χ1v) is 9.20. The Hall–Kier alpha value is -0.710. The molecule has 0 aromatic heterocycles. The van der Waals surface area contributed by atoms with Gasteiger partial charge in [-0.3, -0.25) is 4.79 Å². The van der Waals surface area contributed by atoms with Gasteiger partial charge in [-0.2, -0.15) is 0 Å². The first-order chi connectivity index (χ1) is 11.0. The van der Waals surface area contributed by atoms with Crippen molar-refractivity contribution in [3.63, 3.8) is 0 Å². The Balaban J connectivity index is 2.32. The van der Waals surface area contributed by atoms with Gasteiger partial charge in [0.2, 0.25) is 0 Å². The fourth-order valence-electron chi connectivity index (χ4n) is 5.13. The van der Waals surface area contributed by atoms with Gasteiger partial charge in [0.15, 0.2) is 5.78 Å². The van der Waals surface area contributed by atoms with Gasteiger partial charge in [-0.15, -0.1) is 0 Å². The highest BCUT2D eigenvalue weighted by Gasteiger charge is 2.52. The van der Waals surface area contributed by atoms with E-state index in [0.717, 1.165) is 30.4 Å². The Kier molecular flexibility index (Phi) is 5.35. The Morgan fingerprint density at radius 3 is 2.50 bits per heavy atom. The van der Waals surface area contributed by atoms with Crippen molar-refractivity contribution in [2.75, 3.05) is 6.61 Å². The molecule has 0 saturated heterocycles. The Labute approximate surface area is 146 Å². The standard InChI is InChI=1S/C20H34O4/c1-13-14(7-10-20(5,24)17(23)12-21)19(4)9-6-8-18(2,3)16(19)11-15(13)22/h16-17,21,23-24H,6-12H2,1-5H3. The highest BCUT2D eigenvalue weighted by atomic mass is 16.4. The summed E-state index contributed by atoms with van der Waals surface area (Å²) in [5, 5.41) is 29.4. The van der Waals surface area contributed by atoms with Crippen molar-refractivity contribution in [2.24, 2.45) is 16.7 Å². The molecule has 2 aliphatic carbocycles. The summed E-state index contributed by atoms with van der Waals surface area (Å²) in [5.41, 5.74) is 0.781. The van der Waals surface area contributed by atoms with Gasteiger partial charge >= 0.3 is 0 Å². The van der Waals surface area contributed by atoms with Gasteiger partial charge < -0.3 is 15.3 Å². The van der Waals surface area contributed by atoms with Crippen LogP contribution in [0.4, 0.5) is 0 Å². The number of carbonyl (C=O) groups is 1. The molecule has 4 heteroatoms. The smallest absolute Gasteiger partial charge is 0.158 e. The van der Waals surface area contributed by atoms with Crippen LogP contribution in [0, 0.1) is 16.7 Å². The predicted molar refractivity (Wildman–Crippen MR) is 94.5 cm³/mol. The zero-order valence-corrected chi connectivity index (χ0v) is 15.9. The van der Waals surface area contributed by atoms with Gasteiger partial charge in [0, 0.05) is 6.42 Å². The summed E-state index contributed by atoms with van der Waals surface area (Å²) in [6, 6.07) is 0. The SMILES string of the molecule is CC1=C(CCC(C)(O)C(O)CO)C2(C)CCCC(C)(C)C2CC1=O. The summed E-state index contributed by atoms with van der Waals surface area (Å²) in [6.07, 6.45) is 3.76. The van der Waals surface area contributed by atoms with Crippen LogP contribution in [0.5, 0.6) is 0 Å². The molecule has 24 heavy (non-hydrogen) atoms. The van der Waals surface area contributed by atoms with Gasteiger partial charge in [0.25, 0.3) is 0 Å². The molecule has 0 aromatic carbocycles. The van der Waals surface area contributed by atoms with Crippen molar-refractivity contribution in [1.82, 2.24) is 0 Å². The highest BCUT2D eigenvalue weighted by Crippen LogP contribution is 2.59. The maximum absolute atomic E-state index is 12.6. The van der Waals surface area contributed by atoms with Crippen LogP contribution in [0.3, 0.4) is 0 Å². The minimum Gasteiger partial charge on any atom is -0.394 e. The molecule has 1 fully saturated rings. The average Bonchev–Trinajstić information content (AvgIpc) is 2.48. The fraction of sp³-hybridized carbons (Fsp3) is 0.850. The fourth-order valence-corrected chi connectivity index (χ4v) is 5.13. The molecular weight excluding hydrogens is 304 g/mol. The highest BCUT2D eigenvalue weighted by molar-refractivity contribution is 5.97. The number of carbonyl (C=O) groups excluding carboxylic acids is 1. The summed E-state index contributed by atoms with van der Waals surface area (Å²) in [5.74, 6) is 0.558. The third kappa shape index (κ3) is 3.33. The lowest BCUT2D eigenvalue weighted by atomic mass is 9.49. The quantitative estimate of drug-likeness (QED) is 0.720. The van der Waals surface area contributed by atoms with E-state index < -0.39 is 18.3 Å². The maximum atomic E-state index is 12.6. The first kappa shape index (κ1) is 19.6. The molecule has 1 saturated carbocycles. The number of Topliss-reactive ketones (excluding diaryl/α,β-unsaturated/α-hetero) is 1. The molecule has 0 radical (unpaired) electrons. The van der Waals surface area contributed by atoms with Gasteiger partial charge in [-0.25, -0.2) is 0 Å². The molecule has 0 heterocycles. The lowest BCUT2D eigenvalue weighted by Gasteiger charge is -2.55. The van der Waals surface area contributed by atoms with Crippen LogP contribution in [0.25, 0.3) is 0 Å². The van der Waals surface area contributed by atoms with Gasteiger partial charge in [-0.05, 0) is 61.9 Å². The molecule has 0 amide bonds. The van der Waals surface area contributed by atoms with E-state index in [1.54, 1.807) is 6.92 Å². The third-order valence-corrected chi connectivity index (χ3v) is 6.95. The third-order valence-electron chi connectivity index (χ3n) is 6.95. The van der Waals surface area contributed by atoms with E-state index in [4.69, 9.17) is 5.11 Å². The van der Waals surface area contributed by atoms with E-state index in [-0.39, 0.29) is 16.6 Å². The lowest BCUT2D eigenvalue weighted by Crippen LogP contribution is -2.48. The normalized spacial score (nSPS) is 33.8. The minimum atomic E-state index is -1.35. The molecule has 4 nitrogen and oxygen atoms in total. The number of ketones is 1. The first-order valence-electron chi connectivity index (χ1n) is 9.20. The monoisotopic (exact) mass is 338 g/mol. The van der Waals surface area contributed by atoms with Crippen molar-refractivity contribution in [1.29, 1.82) is 0 Å². The zero-order chi connectivity index (χ0) is 18.3. The molecular formula is C20H34O4. The number of aliphatic hydroxyl groups excluding tert-OH is 2. The van der Waals surface area contributed by atoms with Crippen molar-refractivity contribution in [2.45, 2.75) is 84.8 Å². The molecule has 3 N–H and O–H groups in total. The molecule has 4 unspecified atom stereocenters. The molecule has 2 rings (SSSR count). The number of aliphatic hydroxyl groups is 3. The molecule has 0 aliphatic heterocycles. The van der Waals surface area contributed by atoms with Gasteiger partial charge in [0.05, 0.1) is 12.2 Å². The second-order valence-corrected chi connectivity index (χ2v) is 9.10. The second kappa shape index (κ2) is 6.54. The number of allylic oxidation sites excluding steroid dienone is 2. The van der Waals surface area contributed by atoms with Crippen LogP contribution in [0.15, 0.2) is 11.1 Å². The summed E-state index contributed by atoms with van der Waals surface area (Å²) >= 11 is 0. The van der Waals surface area contributed by atoms with Crippen molar-refractivity contribution in [3.05, 3.63) is 11.1 Å². The molecule has 2 aliphatic rings. The molecule has 4 atom stereocenters. The van der Waals surface area contributed by atoms with E-state index in [1.165, 1.54) is 0 Å². The van der Waals surface area contributed by atoms with E-state index >= 15 is 0 Å². The maximum Gasteiger partial charge on any atom is 0.158 e. The number of hydrogen-bond acceptors (Lipinski definition) is 4. The number of hydrogen-bond donors (Lipinski definition) is 3. The number of rotatable bonds is 5. The Morgan fingerprint density at radius 2 is 1.92 bits per heavy atom. The van der Waals surface area contributed by atoms with E-state index in [2.05, 4.69) is 20.8 Å². The van der Waals surface area contributed by atoms with Crippen LogP contribution in [-0.4, -0.2) is 39.4 Å².